The molecule has 0 amide bonds. The molecule has 1 N–H and O–H groups in total. The van der Waals surface area contributed by atoms with Gasteiger partial charge < -0.3 is 4.98 Å². The molecule has 6 heteroatoms. The van der Waals surface area contributed by atoms with Crippen LogP contribution in [0.15, 0.2) is 23.0 Å². The Bertz CT molecular complexity index is 880. The van der Waals surface area contributed by atoms with E-state index < -0.39 is 0 Å². The SMILES string of the molecule is O=c1[nH]c2snc(CN3CCCC3)c2c2ccc(Cl)cc12. The van der Waals surface area contributed by atoms with Crippen LogP contribution in [-0.4, -0.2) is 27.3 Å². The number of aromatic amines is 1. The molecule has 3 heterocycles. The monoisotopic (exact) mass is 319 g/mol. The minimum atomic E-state index is -0.101. The predicted molar refractivity (Wildman–Crippen MR) is 87.3 cm³/mol. The first kappa shape index (κ1) is 13.2. The molecule has 1 aromatic carbocycles. The topological polar surface area (TPSA) is 49.0 Å². The number of rotatable bonds is 2. The van der Waals surface area contributed by atoms with Gasteiger partial charge in [-0.2, -0.15) is 4.37 Å². The number of hydrogen-bond donors (Lipinski definition) is 1. The van der Waals surface area contributed by atoms with Crippen LogP contribution < -0.4 is 5.56 Å². The molecule has 0 spiro atoms. The Labute approximate surface area is 130 Å². The van der Waals surface area contributed by atoms with E-state index in [2.05, 4.69) is 14.3 Å². The number of halogens is 1. The van der Waals surface area contributed by atoms with Crippen LogP contribution in [0.5, 0.6) is 0 Å². The zero-order chi connectivity index (χ0) is 14.4. The van der Waals surface area contributed by atoms with Gasteiger partial charge in [0.1, 0.15) is 4.83 Å². The second-order valence-electron chi connectivity index (χ2n) is 5.46. The lowest BCUT2D eigenvalue weighted by atomic mass is 10.1. The van der Waals surface area contributed by atoms with Crippen LogP contribution >= 0.6 is 23.1 Å². The third kappa shape index (κ3) is 2.25. The third-order valence-electron chi connectivity index (χ3n) is 4.06. The molecule has 0 saturated carbocycles. The van der Waals surface area contributed by atoms with Crippen molar-refractivity contribution in [3.05, 3.63) is 39.3 Å². The second kappa shape index (κ2) is 5.09. The van der Waals surface area contributed by atoms with E-state index in [1.54, 1.807) is 6.07 Å². The number of nitrogens with zero attached hydrogens (tertiary/aromatic N) is 2. The zero-order valence-corrected chi connectivity index (χ0v) is 12.9. The maximum atomic E-state index is 12.2. The largest absolute Gasteiger partial charge is 0.312 e. The molecule has 4 rings (SSSR count). The van der Waals surface area contributed by atoms with Crippen molar-refractivity contribution in [3.63, 3.8) is 0 Å². The number of aromatic nitrogens is 2. The van der Waals surface area contributed by atoms with Gasteiger partial charge in [-0.1, -0.05) is 17.7 Å². The average molecular weight is 320 g/mol. The lowest BCUT2D eigenvalue weighted by molar-refractivity contribution is 0.329. The van der Waals surface area contributed by atoms with E-state index in [9.17, 15) is 4.79 Å². The number of likely N-dealkylation sites (tertiary alicyclic amines) is 1. The van der Waals surface area contributed by atoms with Crippen molar-refractivity contribution < 1.29 is 0 Å². The quantitative estimate of drug-likeness (QED) is 0.787. The molecule has 4 nitrogen and oxygen atoms in total. The van der Waals surface area contributed by atoms with Crippen molar-refractivity contribution in [3.8, 4) is 0 Å². The number of H-pyrrole nitrogens is 1. The summed E-state index contributed by atoms with van der Waals surface area (Å²) in [5, 5.41) is 3.23. The molecule has 0 atom stereocenters. The van der Waals surface area contributed by atoms with Gasteiger partial charge in [-0.15, -0.1) is 0 Å². The molecule has 21 heavy (non-hydrogen) atoms. The molecule has 1 saturated heterocycles. The number of nitrogens with one attached hydrogen (secondary N) is 1. The van der Waals surface area contributed by atoms with Gasteiger partial charge in [0.25, 0.3) is 5.56 Å². The van der Waals surface area contributed by atoms with E-state index in [0.717, 1.165) is 40.9 Å². The van der Waals surface area contributed by atoms with E-state index in [0.29, 0.717) is 10.4 Å². The number of fused-ring (bicyclic) bond motifs is 3. The van der Waals surface area contributed by atoms with Crippen molar-refractivity contribution in [1.82, 2.24) is 14.3 Å². The minimum Gasteiger partial charge on any atom is -0.312 e. The van der Waals surface area contributed by atoms with Crippen LogP contribution in [-0.2, 0) is 6.54 Å². The van der Waals surface area contributed by atoms with Gasteiger partial charge in [0.2, 0.25) is 0 Å². The zero-order valence-electron chi connectivity index (χ0n) is 11.4. The normalized spacial score (nSPS) is 16.2. The van der Waals surface area contributed by atoms with Gasteiger partial charge in [-0.25, -0.2) is 0 Å². The lowest BCUT2D eigenvalue weighted by Crippen LogP contribution is -2.18. The summed E-state index contributed by atoms with van der Waals surface area (Å²) in [6, 6.07) is 5.49. The molecular weight excluding hydrogens is 306 g/mol. The maximum absolute atomic E-state index is 12.2. The molecule has 108 valence electrons. The van der Waals surface area contributed by atoms with E-state index in [-0.39, 0.29) is 5.56 Å². The molecule has 0 aliphatic carbocycles. The summed E-state index contributed by atoms with van der Waals surface area (Å²) in [4.78, 5) is 18.4. The molecular formula is C15H14ClN3OS. The van der Waals surface area contributed by atoms with Gasteiger partial charge >= 0.3 is 0 Å². The third-order valence-corrected chi connectivity index (χ3v) is 5.09. The van der Waals surface area contributed by atoms with Crippen LogP contribution in [0.2, 0.25) is 5.02 Å². The Kier molecular flexibility index (Phi) is 3.21. The van der Waals surface area contributed by atoms with Crippen molar-refractivity contribution in [2.45, 2.75) is 19.4 Å². The first-order valence-electron chi connectivity index (χ1n) is 7.04. The summed E-state index contributed by atoms with van der Waals surface area (Å²) in [7, 11) is 0. The lowest BCUT2D eigenvalue weighted by Gasteiger charge is -2.13. The molecule has 3 aromatic rings. The Morgan fingerprint density at radius 2 is 2.10 bits per heavy atom. The summed E-state index contributed by atoms with van der Waals surface area (Å²) >= 11 is 7.38. The van der Waals surface area contributed by atoms with Crippen LogP contribution in [0.4, 0.5) is 0 Å². The fourth-order valence-corrected chi connectivity index (χ4v) is 4.02. The Balaban J connectivity index is 1.94. The van der Waals surface area contributed by atoms with Crippen molar-refractivity contribution in [1.29, 1.82) is 0 Å². The summed E-state index contributed by atoms with van der Waals surface area (Å²) < 4.78 is 4.57. The fraction of sp³-hybridized carbons (Fsp3) is 0.333. The standard InChI is InChI=1S/C15H14ClN3OS/c16-9-3-4-10-11(7-9)14(20)17-15-13(10)12(18-21-15)8-19-5-1-2-6-19/h3-4,7H,1-2,5-6,8H2,(H,17,20). The van der Waals surface area contributed by atoms with Crippen molar-refractivity contribution in [2.24, 2.45) is 0 Å². The predicted octanol–water partition coefficient (Wildman–Crippen LogP) is 3.39. The summed E-state index contributed by atoms with van der Waals surface area (Å²) in [6.07, 6.45) is 2.52. The minimum absolute atomic E-state index is 0.101. The van der Waals surface area contributed by atoms with Crippen LogP contribution in [0.3, 0.4) is 0 Å². The van der Waals surface area contributed by atoms with Gasteiger partial charge in [0.15, 0.2) is 0 Å². The molecule has 0 unspecified atom stereocenters. The molecule has 0 radical (unpaired) electrons. The molecule has 0 bridgehead atoms. The molecule has 1 aliphatic heterocycles. The average Bonchev–Trinajstić information content (AvgIpc) is 3.10. The second-order valence-corrected chi connectivity index (χ2v) is 6.67. The van der Waals surface area contributed by atoms with Crippen molar-refractivity contribution in [2.75, 3.05) is 13.1 Å². The fourth-order valence-electron chi connectivity index (χ4n) is 3.04. The smallest absolute Gasteiger partial charge is 0.257 e. The first-order valence-corrected chi connectivity index (χ1v) is 8.20. The van der Waals surface area contributed by atoms with Gasteiger partial charge in [-0.3, -0.25) is 9.69 Å². The highest BCUT2D eigenvalue weighted by atomic mass is 35.5. The number of pyridine rings is 1. The summed E-state index contributed by atoms with van der Waals surface area (Å²) in [6.45, 7) is 3.11. The van der Waals surface area contributed by atoms with Gasteiger partial charge in [-0.05, 0) is 55.0 Å². The van der Waals surface area contributed by atoms with E-state index in [1.165, 1.54) is 24.4 Å². The van der Waals surface area contributed by atoms with Crippen LogP contribution in [0, 0.1) is 0 Å². The summed E-state index contributed by atoms with van der Waals surface area (Å²) in [5.74, 6) is 0. The highest BCUT2D eigenvalue weighted by molar-refractivity contribution is 7.13. The van der Waals surface area contributed by atoms with E-state index >= 15 is 0 Å². The van der Waals surface area contributed by atoms with Gasteiger partial charge in [0.05, 0.1) is 5.69 Å². The highest BCUT2D eigenvalue weighted by Gasteiger charge is 2.18. The Hall–Kier alpha value is -1.43. The van der Waals surface area contributed by atoms with E-state index in [4.69, 9.17) is 11.6 Å². The first-order chi connectivity index (χ1) is 10.2. The Morgan fingerprint density at radius 1 is 1.29 bits per heavy atom. The highest BCUT2D eigenvalue weighted by Crippen LogP contribution is 2.30. The van der Waals surface area contributed by atoms with Gasteiger partial charge in [0, 0.05) is 22.3 Å². The number of benzene rings is 1. The molecule has 1 aliphatic rings. The van der Waals surface area contributed by atoms with Crippen LogP contribution in [0.1, 0.15) is 18.5 Å². The maximum Gasteiger partial charge on any atom is 0.257 e. The van der Waals surface area contributed by atoms with E-state index in [1.807, 2.05) is 12.1 Å². The molecule has 2 aromatic heterocycles. The molecule has 1 fully saturated rings. The summed E-state index contributed by atoms with van der Waals surface area (Å²) in [5.41, 5.74) is 0.955. The van der Waals surface area contributed by atoms with Crippen LogP contribution in [0.25, 0.3) is 21.0 Å². The Morgan fingerprint density at radius 3 is 2.90 bits per heavy atom. The number of hydrogen-bond acceptors (Lipinski definition) is 4. The van der Waals surface area contributed by atoms with Crippen molar-refractivity contribution >= 4 is 44.1 Å².